The summed E-state index contributed by atoms with van der Waals surface area (Å²) in [6.07, 6.45) is 4.78. The van der Waals surface area contributed by atoms with E-state index in [1.165, 1.54) is 22.0 Å². The summed E-state index contributed by atoms with van der Waals surface area (Å²) in [6, 6.07) is 12.7. The molecule has 0 saturated heterocycles. The van der Waals surface area contributed by atoms with Crippen LogP contribution < -0.4 is 0 Å². The molecule has 1 atom stereocenters. The van der Waals surface area contributed by atoms with Gasteiger partial charge in [-0.15, -0.1) is 11.3 Å². The van der Waals surface area contributed by atoms with Gasteiger partial charge in [0.15, 0.2) is 0 Å². The van der Waals surface area contributed by atoms with E-state index in [-0.39, 0.29) is 11.7 Å². The number of benzene rings is 2. The molecule has 5 heteroatoms. The maximum Gasteiger partial charge on any atom is 0.135 e. The molecular weight excluding hydrogens is 357 g/mol. The van der Waals surface area contributed by atoms with Crippen molar-refractivity contribution in [3.05, 3.63) is 83.0 Å². The lowest BCUT2D eigenvalue weighted by Gasteiger charge is -2.33. The van der Waals surface area contributed by atoms with Crippen LogP contribution in [0.25, 0.3) is 21.2 Å². The summed E-state index contributed by atoms with van der Waals surface area (Å²) >= 11 is 1.75. The van der Waals surface area contributed by atoms with Crippen molar-refractivity contribution in [3.63, 3.8) is 0 Å². The zero-order valence-corrected chi connectivity index (χ0v) is 15.7. The van der Waals surface area contributed by atoms with Crippen molar-refractivity contribution in [1.82, 2.24) is 14.9 Å². The maximum absolute atomic E-state index is 15.4. The first-order valence-electron chi connectivity index (χ1n) is 8.93. The summed E-state index contributed by atoms with van der Waals surface area (Å²) < 4.78 is 16.7. The molecule has 0 saturated carbocycles. The third-order valence-electron chi connectivity index (χ3n) is 5.33. The Bertz CT molecular complexity index is 1120. The van der Waals surface area contributed by atoms with E-state index in [9.17, 15) is 0 Å². The number of likely N-dealkylation sites (N-methyl/N-ethyl adjacent to an activating group) is 1. The molecule has 0 N–H and O–H groups in total. The van der Waals surface area contributed by atoms with Crippen LogP contribution in [-0.4, -0.2) is 28.5 Å². The van der Waals surface area contributed by atoms with Gasteiger partial charge in [0.05, 0.1) is 0 Å². The van der Waals surface area contributed by atoms with E-state index < -0.39 is 0 Å². The summed E-state index contributed by atoms with van der Waals surface area (Å²) in [4.78, 5) is 10.3. The lowest BCUT2D eigenvalue weighted by molar-refractivity contribution is 0.289. The molecule has 134 valence electrons. The van der Waals surface area contributed by atoms with Crippen LogP contribution in [0.5, 0.6) is 0 Å². The van der Waals surface area contributed by atoms with Gasteiger partial charge in [-0.25, -0.2) is 14.4 Å². The highest BCUT2D eigenvalue weighted by molar-refractivity contribution is 7.17. The Labute approximate surface area is 161 Å². The molecule has 0 spiro atoms. The molecule has 0 fully saturated rings. The molecule has 0 radical (unpaired) electrons. The topological polar surface area (TPSA) is 29.0 Å². The Balaban J connectivity index is 1.64. The third-order valence-corrected chi connectivity index (χ3v) is 6.23. The van der Waals surface area contributed by atoms with Gasteiger partial charge in [-0.3, -0.25) is 0 Å². The average Bonchev–Trinajstić information content (AvgIpc) is 3.17. The second kappa shape index (κ2) is 6.51. The second-order valence-corrected chi connectivity index (χ2v) is 8.04. The van der Waals surface area contributed by atoms with Gasteiger partial charge in [-0.05, 0) is 47.1 Å². The predicted octanol–water partition coefficient (Wildman–Crippen LogP) is 5.07. The average molecular weight is 375 g/mol. The minimum atomic E-state index is -0.157. The molecule has 27 heavy (non-hydrogen) atoms. The minimum Gasteiger partial charge on any atom is -0.301 e. The summed E-state index contributed by atoms with van der Waals surface area (Å²) in [5, 5.41) is 3.37. The van der Waals surface area contributed by atoms with Gasteiger partial charge < -0.3 is 4.90 Å². The second-order valence-electron chi connectivity index (χ2n) is 7.09. The van der Waals surface area contributed by atoms with Gasteiger partial charge in [0.2, 0.25) is 0 Å². The molecule has 1 aliphatic heterocycles. The summed E-state index contributed by atoms with van der Waals surface area (Å²) in [7, 11) is 2.05. The van der Waals surface area contributed by atoms with Gasteiger partial charge in [0.1, 0.15) is 12.1 Å². The third kappa shape index (κ3) is 2.83. The Morgan fingerprint density at radius 2 is 1.96 bits per heavy atom. The van der Waals surface area contributed by atoms with Crippen LogP contribution in [0.4, 0.5) is 4.39 Å². The number of hydrogen-bond donors (Lipinski definition) is 0. The Morgan fingerprint density at radius 3 is 2.81 bits per heavy atom. The highest BCUT2D eigenvalue weighted by Gasteiger charge is 2.28. The van der Waals surface area contributed by atoms with Gasteiger partial charge in [0, 0.05) is 52.8 Å². The molecule has 2 aromatic heterocycles. The van der Waals surface area contributed by atoms with E-state index in [0.29, 0.717) is 17.7 Å². The number of halogens is 1. The number of fused-ring (bicyclic) bond motifs is 2. The minimum absolute atomic E-state index is 0.157. The van der Waals surface area contributed by atoms with E-state index >= 15 is 4.39 Å². The fourth-order valence-corrected chi connectivity index (χ4v) is 4.79. The fraction of sp³-hybridized carbons (Fsp3) is 0.182. The lowest BCUT2D eigenvalue weighted by Crippen LogP contribution is -2.31. The van der Waals surface area contributed by atoms with E-state index in [4.69, 9.17) is 0 Å². The molecule has 1 aliphatic rings. The SMILES string of the molecule is CN1Cc2c(ccc(-c3cncnc3)c2F)C(c2ccc3sccc3c2)C1. The number of nitrogens with zero attached hydrogens (tertiary/aromatic N) is 3. The Hall–Kier alpha value is -2.63. The lowest BCUT2D eigenvalue weighted by atomic mass is 9.83. The van der Waals surface area contributed by atoms with Crippen LogP contribution in [0.1, 0.15) is 22.6 Å². The van der Waals surface area contributed by atoms with Gasteiger partial charge in [0.25, 0.3) is 0 Å². The number of hydrogen-bond acceptors (Lipinski definition) is 4. The molecule has 3 heterocycles. The first-order valence-corrected chi connectivity index (χ1v) is 9.81. The zero-order valence-electron chi connectivity index (χ0n) is 14.9. The summed E-state index contributed by atoms with van der Waals surface area (Å²) in [6.45, 7) is 1.50. The van der Waals surface area contributed by atoms with Gasteiger partial charge >= 0.3 is 0 Å². The largest absolute Gasteiger partial charge is 0.301 e. The molecule has 0 aliphatic carbocycles. The first kappa shape index (κ1) is 16.5. The Kier molecular flexibility index (Phi) is 3.99. The normalized spacial score (nSPS) is 17.2. The fourth-order valence-electron chi connectivity index (χ4n) is 4.02. The summed E-state index contributed by atoms with van der Waals surface area (Å²) in [5.74, 6) is 0.00841. The predicted molar refractivity (Wildman–Crippen MR) is 107 cm³/mol. The molecule has 5 rings (SSSR count). The maximum atomic E-state index is 15.4. The van der Waals surface area contributed by atoms with Crippen LogP contribution in [-0.2, 0) is 6.54 Å². The number of aromatic nitrogens is 2. The van der Waals surface area contributed by atoms with Crippen LogP contribution in [0, 0.1) is 5.82 Å². The smallest absolute Gasteiger partial charge is 0.135 e. The number of rotatable bonds is 2. The van der Waals surface area contributed by atoms with Crippen LogP contribution >= 0.6 is 11.3 Å². The van der Waals surface area contributed by atoms with Crippen LogP contribution in [0.15, 0.2) is 60.5 Å². The quantitative estimate of drug-likeness (QED) is 0.489. The highest BCUT2D eigenvalue weighted by Crippen LogP contribution is 2.38. The molecule has 4 aromatic rings. The van der Waals surface area contributed by atoms with Crippen LogP contribution in [0.3, 0.4) is 0 Å². The molecular formula is C22H18FN3S. The highest BCUT2D eigenvalue weighted by atomic mass is 32.1. The first-order chi connectivity index (χ1) is 13.2. The van der Waals surface area contributed by atoms with Crippen LogP contribution in [0.2, 0.25) is 0 Å². The molecule has 1 unspecified atom stereocenters. The van der Waals surface area contributed by atoms with Crippen molar-refractivity contribution in [1.29, 1.82) is 0 Å². The monoisotopic (exact) mass is 375 g/mol. The van der Waals surface area contributed by atoms with Crippen molar-refractivity contribution in [3.8, 4) is 11.1 Å². The van der Waals surface area contributed by atoms with Crippen molar-refractivity contribution in [2.75, 3.05) is 13.6 Å². The van der Waals surface area contributed by atoms with Crippen molar-refractivity contribution < 1.29 is 4.39 Å². The van der Waals surface area contributed by atoms with E-state index in [1.54, 1.807) is 23.7 Å². The molecule has 0 bridgehead atoms. The molecule has 0 amide bonds. The van der Waals surface area contributed by atoms with E-state index in [1.807, 2.05) is 6.07 Å². The summed E-state index contributed by atoms with van der Waals surface area (Å²) in [5.41, 5.74) is 4.38. The van der Waals surface area contributed by atoms with Crippen molar-refractivity contribution in [2.24, 2.45) is 0 Å². The number of thiophene rings is 1. The van der Waals surface area contributed by atoms with Crippen molar-refractivity contribution in [2.45, 2.75) is 12.5 Å². The van der Waals surface area contributed by atoms with Gasteiger partial charge in [-0.2, -0.15) is 0 Å². The Morgan fingerprint density at radius 1 is 1.11 bits per heavy atom. The van der Waals surface area contributed by atoms with E-state index in [0.717, 1.165) is 17.7 Å². The standard InChI is InChI=1S/C22H18FN3S/c1-26-11-19(14-2-5-21-15(8-14)6-7-27-21)18-4-3-17(22(23)20(18)12-26)16-9-24-13-25-10-16/h2-10,13,19H,11-12H2,1H3. The molecule has 2 aromatic carbocycles. The zero-order chi connectivity index (χ0) is 18.4. The van der Waals surface area contributed by atoms with E-state index in [2.05, 4.69) is 57.6 Å². The molecule has 3 nitrogen and oxygen atoms in total. The van der Waals surface area contributed by atoms with Gasteiger partial charge in [-0.1, -0.05) is 18.2 Å². The van der Waals surface area contributed by atoms with Crippen molar-refractivity contribution >= 4 is 21.4 Å².